The fraction of sp³-hybridized carbons (Fsp3) is 0.462. The van der Waals surface area contributed by atoms with Crippen LogP contribution in [0.3, 0.4) is 0 Å². The lowest BCUT2D eigenvalue weighted by molar-refractivity contribution is -0.150. The second kappa shape index (κ2) is 5.70. The van der Waals surface area contributed by atoms with Crippen LogP contribution in [-0.2, 0) is 10.3 Å². The Morgan fingerprint density at radius 1 is 1.40 bits per heavy atom. The van der Waals surface area contributed by atoms with Crippen LogP contribution in [0.2, 0.25) is 0 Å². The van der Waals surface area contributed by atoms with Gasteiger partial charge in [-0.1, -0.05) is 11.6 Å². The van der Waals surface area contributed by atoms with E-state index in [2.05, 4.69) is 0 Å². The SMILES string of the molecule is COc1ccc(C)cc1C(C)(NCC(F)(F)F)C(=O)O. The molecule has 1 unspecified atom stereocenters. The van der Waals surface area contributed by atoms with Gasteiger partial charge in [-0.25, -0.2) is 4.79 Å². The molecule has 0 saturated carbocycles. The number of ether oxygens (including phenoxy) is 1. The molecule has 1 aromatic carbocycles. The Balaban J connectivity index is 3.25. The highest BCUT2D eigenvalue weighted by Crippen LogP contribution is 2.32. The van der Waals surface area contributed by atoms with E-state index < -0.39 is 24.2 Å². The molecule has 1 aromatic rings. The van der Waals surface area contributed by atoms with E-state index in [4.69, 9.17) is 4.74 Å². The van der Waals surface area contributed by atoms with Crippen molar-refractivity contribution in [2.75, 3.05) is 13.7 Å². The van der Waals surface area contributed by atoms with E-state index in [0.717, 1.165) is 5.56 Å². The maximum absolute atomic E-state index is 12.3. The number of carboxylic acid groups (broad SMARTS) is 1. The lowest BCUT2D eigenvalue weighted by Gasteiger charge is -2.29. The Bertz CT molecular complexity index is 502. The van der Waals surface area contributed by atoms with Crippen LogP contribution in [0.25, 0.3) is 0 Å². The molecule has 7 heteroatoms. The molecule has 2 N–H and O–H groups in total. The maximum atomic E-state index is 12.3. The Hall–Kier alpha value is -1.76. The first kappa shape index (κ1) is 16.3. The predicted octanol–water partition coefficient (Wildman–Crippen LogP) is 2.46. The van der Waals surface area contributed by atoms with Gasteiger partial charge in [0, 0.05) is 5.56 Å². The van der Waals surface area contributed by atoms with Crippen molar-refractivity contribution in [3.8, 4) is 5.75 Å². The van der Waals surface area contributed by atoms with E-state index >= 15 is 0 Å². The molecule has 0 aliphatic rings. The van der Waals surface area contributed by atoms with E-state index in [1.165, 1.54) is 26.2 Å². The first-order valence-corrected chi connectivity index (χ1v) is 5.80. The number of halogens is 3. The highest BCUT2D eigenvalue weighted by Gasteiger charge is 2.41. The van der Waals surface area contributed by atoms with Gasteiger partial charge in [0.2, 0.25) is 0 Å². The van der Waals surface area contributed by atoms with E-state index in [9.17, 15) is 23.1 Å². The zero-order chi connectivity index (χ0) is 15.6. The van der Waals surface area contributed by atoms with Crippen molar-refractivity contribution >= 4 is 5.97 Å². The van der Waals surface area contributed by atoms with Gasteiger partial charge in [0.05, 0.1) is 13.7 Å². The number of aryl methyl sites for hydroxylation is 1. The van der Waals surface area contributed by atoms with Crippen molar-refractivity contribution in [2.24, 2.45) is 0 Å². The number of carboxylic acids is 1. The van der Waals surface area contributed by atoms with Crippen molar-refractivity contribution in [2.45, 2.75) is 25.6 Å². The fourth-order valence-electron chi connectivity index (χ4n) is 1.78. The minimum absolute atomic E-state index is 0.150. The normalized spacial score (nSPS) is 14.7. The van der Waals surface area contributed by atoms with E-state index in [-0.39, 0.29) is 11.3 Å². The van der Waals surface area contributed by atoms with Gasteiger partial charge in [-0.15, -0.1) is 0 Å². The molecule has 1 atom stereocenters. The van der Waals surface area contributed by atoms with Crippen LogP contribution in [0, 0.1) is 6.92 Å². The van der Waals surface area contributed by atoms with Gasteiger partial charge in [0.25, 0.3) is 0 Å². The maximum Gasteiger partial charge on any atom is 0.401 e. The highest BCUT2D eigenvalue weighted by atomic mass is 19.4. The molecular formula is C13H16F3NO3. The first-order valence-electron chi connectivity index (χ1n) is 5.80. The zero-order valence-corrected chi connectivity index (χ0v) is 11.3. The van der Waals surface area contributed by atoms with Gasteiger partial charge in [-0.2, -0.15) is 13.2 Å². The summed E-state index contributed by atoms with van der Waals surface area (Å²) in [5.74, 6) is -1.19. The molecule has 112 valence electrons. The summed E-state index contributed by atoms with van der Waals surface area (Å²) < 4.78 is 42.1. The third-order valence-electron chi connectivity index (χ3n) is 2.96. The molecule has 0 fully saturated rings. The number of carbonyl (C=O) groups is 1. The molecule has 0 heterocycles. The molecule has 0 spiro atoms. The zero-order valence-electron chi connectivity index (χ0n) is 11.3. The summed E-state index contributed by atoms with van der Waals surface area (Å²) in [5.41, 5.74) is -1.02. The molecule has 0 radical (unpaired) electrons. The first-order chi connectivity index (χ1) is 9.10. The number of rotatable bonds is 5. The Kier molecular flexibility index (Phi) is 4.65. The summed E-state index contributed by atoms with van der Waals surface area (Å²) in [6.07, 6.45) is -4.51. The summed E-state index contributed by atoms with van der Waals surface area (Å²) in [7, 11) is 1.33. The van der Waals surface area contributed by atoms with Gasteiger partial charge in [0.15, 0.2) is 0 Å². The average Bonchev–Trinajstić information content (AvgIpc) is 2.34. The molecule has 0 aliphatic heterocycles. The lowest BCUT2D eigenvalue weighted by Crippen LogP contribution is -2.50. The minimum atomic E-state index is -4.51. The topological polar surface area (TPSA) is 58.6 Å². The van der Waals surface area contributed by atoms with Gasteiger partial charge in [-0.3, -0.25) is 5.32 Å². The largest absolute Gasteiger partial charge is 0.496 e. The molecule has 0 aromatic heterocycles. The van der Waals surface area contributed by atoms with Crippen LogP contribution in [-0.4, -0.2) is 30.9 Å². The van der Waals surface area contributed by atoms with Crippen molar-refractivity contribution < 1.29 is 27.8 Å². The summed E-state index contributed by atoms with van der Waals surface area (Å²) in [6, 6.07) is 4.71. The third-order valence-corrected chi connectivity index (χ3v) is 2.96. The van der Waals surface area contributed by atoms with Crippen LogP contribution in [0.15, 0.2) is 18.2 Å². The molecular weight excluding hydrogens is 275 g/mol. The number of alkyl halides is 3. The fourth-order valence-corrected chi connectivity index (χ4v) is 1.78. The number of hydrogen-bond acceptors (Lipinski definition) is 3. The molecule has 4 nitrogen and oxygen atoms in total. The molecule has 0 bridgehead atoms. The van der Waals surface area contributed by atoms with E-state index in [1.54, 1.807) is 13.0 Å². The minimum Gasteiger partial charge on any atom is -0.496 e. The predicted molar refractivity (Wildman–Crippen MR) is 66.8 cm³/mol. The number of nitrogens with one attached hydrogen (secondary N) is 1. The number of methoxy groups -OCH3 is 1. The molecule has 1 rings (SSSR count). The highest BCUT2D eigenvalue weighted by molar-refractivity contribution is 5.81. The summed E-state index contributed by atoms with van der Waals surface area (Å²) in [6.45, 7) is 1.49. The Morgan fingerprint density at radius 3 is 2.45 bits per heavy atom. The van der Waals surface area contributed by atoms with Gasteiger partial charge >= 0.3 is 12.1 Å². The third kappa shape index (κ3) is 3.63. The van der Waals surface area contributed by atoms with Crippen molar-refractivity contribution in [1.29, 1.82) is 0 Å². The van der Waals surface area contributed by atoms with Crippen molar-refractivity contribution in [3.05, 3.63) is 29.3 Å². The van der Waals surface area contributed by atoms with E-state index in [1.807, 2.05) is 5.32 Å². The average molecular weight is 291 g/mol. The summed E-state index contributed by atoms with van der Waals surface area (Å²) in [5, 5.41) is 11.4. The second-order valence-electron chi connectivity index (χ2n) is 4.60. The standard InChI is InChI=1S/C13H16F3NO3/c1-8-4-5-10(20-3)9(6-8)12(2,11(18)19)17-7-13(14,15)16/h4-6,17H,7H2,1-3H3,(H,18,19). The van der Waals surface area contributed by atoms with Crippen LogP contribution in [0.1, 0.15) is 18.1 Å². The van der Waals surface area contributed by atoms with Gasteiger partial charge < -0.3 is 9.84 Å². The lowest BCUT2D eigenvalue weighted by atomic mass is 9.90. The summed E-state index contributed by atoms with van der Waals surface area (Å²) in [4.78, 5) is 11.4. The number of benzene rings is 1. The smallest absolute Gasteiger partial charge is 0.401 e. The van der Waals surface area contributed by atoms with Crippen LogP contribution in [0.4, 0.5) is 13.2 Å². The molecule has 20 heavy (non-hydrogen) atoms. The number of aliphatic carboxylic acids is 1. The second-order valence-corrected chi connectivity index (χ2v) is 4.60. The van der Waals surface area contributed by atoms with Crippen molar-refractivity contribution in [3.63, 3.8) is 0 Å². The quantitative estimate of drug-likeness (QED) is 0.875. The Morgan fingerprint density at radius 2 is 2.00 bits per heavy atom. The number of hydrogen-bond donors (Lipinski definition) is 2. The van der Waals surface area contributed by atoms with Crippen LogP contribution < -0.4 is 10.1 Å². The molecule has 0 aliphatic carbocycles. The van der Waals surface area contributed by atoms with Gasteiger partial charge in [-0.05, 0) is 26.0 Å². The van der Waals surface area contributed by atoms with E-state index in [0.29, 0.717) is 0 Å². The Labute approximate surface area is 114 Å². The van der Waals surface area contributed by atoms with Crippen LogP contribution >= 0.6 is 0 Å². The van der Waals surface area contributed by atoms with Crippen molar-refractivity contribution in [1.82, 2.24) is 5.32 Å². The van der Waals surface area contributed by atoms with Crippen LogP contribution in [0.5, 0.6) is 5.75 Å². The monoisotopic (exact) mass is 291 g/mol. The molecule has 0 amide bonds. The van der Waals surface area contributed by atoms with Gasteiger partial charge in [0.1, 0.15) is 11.3 Å². The summed E-state index contributed by atoms with van der Waals surface area (Å²) >= 11 is 0. The molecule has 0 saturated heterocycles.